The SMILES string of the molecule is CC(NC1CC1)(C(=O)O)c1ccccc1C(F)(F)F. The number of carboxylic acid groups (broad SMARTS) is 1. The molecule has 19 heavy (non-hydrogen) atoms. The minimum Gasteiger partial charge on any atom is -0.480 e. The van der Waals surface area contributed by atoms with E-state index in [9.17, 15) is 23.1 Å². The number of rotatable bonds is 4. The highest BCUT2D eigenvalue weighted by molar-refractivity contribution is 5.81. The van der Waals surface area contributed by atoms with Crippen molar-refractivity contribution in [1.82, 2.24) is 5.32 Å². The fourth-order valence-corrected chi connectivity index (χ4v) is 2.06. The van der Waals surface area contributed by atoms with Gasteiger partial charge in [-0.25, -0.2) is 4.79 Å². The fourth-order valence-electron chi connectivity index (χ4n) is 2.06. The predicted molar refractivity (Wildman–Crippen MR) is 62.6 cm³/mol. The van der Waals surface area contributed by atoms with Crippen LogP contribution in [0.3, 0.4) is 0 Å². The Balaban J connectivity index is 2.50. The molecule has 0 aliphatic heterocycles. The van der Waals surface area contributed by atoms with E-state index in [1.807, 2.05) is 0 Å². The van der Waals surface area contributed by atoms with Gasteiger partial charge in [-0.15, -0.1) is 0 Å². The van der Waals surface area contributed by atoms with Crippen molar-refractivity contribution in [3.8, 4) is 0 Å². The smallest absolute Gasteiger partial charge is 0.416 e. The zero-order chi connectivity index (χ0) is 14.3. The molecular formula is C13H14F3NO2. The molecule has 2 rings (SSSR count). The van der Waals surface area contributed by atoms with Crippen LogP contribution in [0.4, 0.5) is 13.2 Å². The van der Waals surface area contributed by atoms with Crippen molar-refractivity contribution in [2.75, 3.05) is 0 Å². The number of halogens is 3. The van der Waals surface area contributed by atoms with E-state index in [1.165, 1.54) is 25.1 Å². The second-order valence-electron chi connectivity index (χ2n) is 4.89. The molecule has 104 valence electrons. The lowest BCUT2D eigenvalue weighted by molar-refractivity contribution is -0.147. The zero-order valence-corrected chi connectivity index (χ0v) is 10.3. The van der Waals surface area contributed by atoms with Gasteiger partial charge in [0.2, 0.25) is 0 Å². The van der Waals surface area contributed by atoms with Crippen molar-refractivity contribution < 1.29 is 23.1 Å². The number of aliphatic carboxylic acids is 1. The number of hydrogen-bond donors (Lipinski definition) is 2. The summed E-state index contributed by atoms with van der Waals surface area (Å²) in [5.41, 5.74) is -2.89. The second kappa shape index (κ2) is 4.52. The minimum atomic E-state index is -4.57. The first kappa shape index (κ1) is 13.9. The van der Waals surface area contributed by atoms with Gasteiger partial charge in [-0.2, -0.15) is 13.2 Å². The Kier molecular flexibility index (Phi) is 3.30. The molecule has 0 saturated heterocycles. The van der Waals surface area contributed by atoms with Gasteiger partial charge in [0.1, 0.15) is 5.54 Å². The molecule has 3 nitrogen and oxygen atoms in total. The van der Waals surface area contributed by atoms with Crippen molar-refractivity contribution in [3.63, 3.8) is 0 Å². The summed E-state index contributed by atoms with van der Waals surface area (Å²) in [5.74, 6) is -1.31. The number of benzene rings is 1. The Morgan fingerprint density at radius 1 is 1.26 bits per heavy atom. The maximum Gasteiger partial charge on any atom is 0.416 e. The molecule has 0 radical (unpaired) electrons. The van der Waals surface area contributed by atoms with Crippen LogP contribution in [0, 0.1) is 0 Å². The average molecular weight is 273 g/mol. The van der Waals surface area contributed by atoms with E-state index < -0.39 is 23.2 Å². The predicted octanol–water partition coefficient (Wildman–Crippen LogP) is 2.76. The third-order valence-corrected chi connectivity index (χ3v) is 3.27. The molecule has 1 unspecified atom stereocenters. The summed E-state index contributed by atoms with van der Waals surface area (Å²) in [6.45, 7) is 1.28. The summed E-state index contributed by atoms with van der Waals surface area (Å²) in [7, 11) is 0. The lowest BCUT2D eigenvalue weighted by atomic mass is 9.87. The summed E-state index contributed by atoms with van der Waals surface area (Å²) in [6.07, 6.45) is -2.99. The number of alkyl halides is 3. The van der Waals surface area contributed by atoms with E-state index in [4.69, 9.17) is 0 Å². The average Bonchev–Trinajstić information content (AvgIpc) is 3.11. The molecule has 0 amide bonds. The Bertz CT molecular complexity index is 497. The third kappa shape index (κ3) is 2.73. The molecule has 1 aromatic carbocycles. The van der Waals surface area contributed by atoms with E-state index in [0.29, 0.717) is 0 Å². The van der Waals surface area contributed by atoms with Crippen molar-refractivity contribution in [2.45, 2.75) is 37.5 Å². The Hall–Kier alpha value is -1.56. The monoisotopic (exact) mass is 273 g/mol. The molecule has 2 N–H and O–H groups in total. The van der Waals surface area contributed by atoms with Crippen LogP contribution in [0.15, 0.2) is 24.3 Å². The Morgan fingerprint density at radius 3 is 2.21 bits per heavy atom. The first-order valence-corrected chi connectivity index (χ1v) is 5.93. The van der Waals surface area contributed by atoms with Gasteiger partial charge in [-0.1, -0.05) is 18.2 Å². The zero-order valence-electron chi connectivity index (χ0n) is 10.3. The first-order valence-electron chi connectivity index (χ1n) is 5.93. The molecule has 1 fully saturated rings. The topological polar surface area (TPSA) is 49.3 Å². The number of carboxylic acids is 1. The van der Waals surface area contributed by atoms with Gasteiger partial charge in [0, 0.05) is 6.04 Å². The summed E-state index contributed by atoms with van der Waals surface area (Å²) in [5, 5.41) is 12.1. The van der Waals surface area contributed by atoms with E-state index in [2.05, 4.69) is 5.32 Å². The molecule has 1 aliphatic rings. The Morgan fingerprint density at radius 2 is 1.79 bits per heavy atom. The van der Waals surface area contributed by atoms with Gasteiger partial charge in [0.15, 0.2) is 0 Å². The van der Waals surface area contributed by atoms with E-state index in [-0.39, 0.29) is 11.6 Å². The van der Waals surface area contributed by atoms with Gasteiger partial charge in [-0.05, 0) is 31.4 Å². The van der Waals surface area contributed by atoms with Gasteiger partial charge >= 0.3 is 12.1 Å². The third-order valence-electron chi connectivity index (χ3n) is 3.27. The van der Waals surface area contributed by atoms with Gasteiger partial charge in [-0.3, -0.25) is 5.32 Å². The normalized spacial score (nSPS) is 18.9. The number of hydrogen-bond acceptors (Lipinski definition) is 2. The first-order chi connectivity index (χ1) is 8.75. The maximum atomic E-state index is 13.0. The quantitative estimate of drug-likeness (QED) is 0.886. The van der Waals surface area contributed by atoms with Crippen LogP contribution < -0.4 is 5.32 Å². The van der Waals surface area contributed by atoms with Crippen molar-refractivity contribution in [1.29, 1.82) is 0 Å². The van der Waals surface area contributed by atoms with Crippen LogP contribution in [0.5, 0.6) is 0 Å². The standard InChI is InChI=1S/C13H14F3NO2/c1-12(11(18)19,17-8-6-7-8)9-4-2-3-5-10(9)13(14,15)16/h2-5,8,17H,6-7H2,1H3,(H,18,19). The van der Waals surface area contributed by atoms with Crippen LogP contribution in [0.25, 0.3) is 0 Å². The molecule has 0 spiro atoms. The molecule has 6 heteroatoms. The summed E-state index contributed by atoms with van der Waals surface area (Å²) in [4.78, 5) is 11.4. The van der Waals surface area contributed by atoms with Crippen molar-refractivity contribution >= 4 is 5.97 Å². The lowest BCUT2D eigenvalue weighted by Crippen LogP contribution is -2.48. The molecule has 1 atom stereocenters. The number of nitrogens with one attached hydrogen (secondary N) is 1. The van der Waals surface area contributed by atoms with Crippen LogP contribution in [-0.4, -0.2) is 17.1 Å². The minimum absolute atomic E-state index is 0.0256. The van der Waals surface area contributed by atoms with Crippen LogP contribution in [0.1, 0.15) is 30.9 Å². The fraction of sp³-hybridized carbons (Fsp3) is 0.462. The van der Waals surface area contributed by atoms with Crippen LogP contribution in [-0.2, 0) is 16.5 Å². The second-order valence-corrected chi connectivity index (χ2v) is 4.89. The molecule has 0 bridgehead atoms. The maximum absolute atomic E-state index is 13.0. The molecule has 1 aromatic rings. The molecule has 1 aliphatic carbocycles. The van der Waals surface area contributed by atoms with Crippen molar-refractivity contribution in [2.24, 2.45) is 0 Å². The van der Waals surface area contributed by atoms with Gasteiger partial charge in [0.25, 0.3) is 0 Å². The Labute approximate surface area is 108 Å². The highest BCUT2D eigenvalue weighted by Gasteiger charge is 2.45. The van der Waals surface area contributed by atoms with E-state index in [0.717, 1.165) is 18.9 Å². The summed E-state index contributed by atoms with van der Waals surface area (Å²) < 4.78 is 38.9. The highest BCUT2D eigenvalue weighted by Crippen LogP contribution is 2.38. The number of carbonyl (C=O) groups is 1. The van der Waals surface area contributed by atoms with Gasteiger partial charge in [0.05, 0.1) is 5.56 Å². The molecular weight excluding hydrogens is 259 g/mol. The van der Waals surface area contributed by atoms with E-state index >= 15 is 0 Å². The largest absolute Gasteiger partial charge is 0.480 e. The van der Waals surface area contributed by atoms with Crippen molar-refractivity contribution in [3.05, 3.63) is 35.4 Å². The lowest BCUT2D eigenvalue weighted by Gasteiger charge is -2.29. The van der Waals surface area contributed by atoms with Crippen LogP contribution in [0.2, 0.25) is 0 Å². The summed E-state index contributed by atoms with van der Waals surface area (Å²) in [6, 6.07) is 4.77. The summed E-state index contributed by atoms with van der Waals surface area (Å²) >= 11 is 0. The molecule has 1 saturated carbocycles. The molecule has 0 aromatic heterocycles. The highest BCUT2D eigenvalue weighted by atomic mass is 19.4. The van der Waals surface area contributed by atoms with Gasteiger partial charge < -0.3 is 5.11 Å². The van der Waals surface area contributed by atoms with E-state index in [1.54, 1.807) is 0 Å². The van der Waals surface area contributed by atoms with Crippen LogP contribution >= 0.6 is 0 Å². The molecule has 0 heterocycles.